The van der Waals surface area contributed by atoms with E-state index < -0.39 is 11.4 Å². The highest BCUT2D eigenvalue weighted by Gasteiger charge is 2.52. The van der Waals surface area contributed by atoms with E-state index in [4.69, 9.17) is 10.5 Å². The van der Waals surface area contributed by atoms with Crippen LogP contribution < -0.4 is 11.1 Å². The second kappa shape index (κ2) is 19.6. The van der Waals surface area contributed by atoms with Gasteiger partial charge in [0.15, 0.2) is 0 Å². The minimum atomic E-state index is -0.660. The second-order valence-corrected chi connectivity index (χ2v) is 15.2. The summed E-state index contributed by atoms with van der Waals surface area (Å²) in [4.78, 5) is 54.4. The number of primary amides is 1. The SMILES string of the molecule is CCC(C)(CCCC(CCCC(CCCC1C(C)C2CC(C(=O)O)C1C2)C(N)=O)C(=O)OCCN(C)C)C(=O)NCCCN(C)C. The summed E-state index contributed by atoms with van der Waals surface area (Å²) in [5.74, 6) is -0.148. The first kappa shape index (κ1) is 40.0. The normalized spacial score (nSPS) is 24.9. The van der Waals surface area contributed by atoms with Crippen molar-refractivity contribution >= 4 is 23.8 Å². The maximum atomic E-state index is 13.2. The van der Waals surface area contributed by atoms with Crippen molar-refractivity contribution in [2.24, 2.45) is 52.6 Å². The number of rotatable bonds is 24. The van der Waals surface area contributed by atoms with Gasteiger partial charge < -0.3 is 30.7 Å². The van der Waals surface area contributed by atoms with Crippen LogP contribution in [0.25, 0.3) is 0 Å². The fourth-order valence-electron chi connectivity index (χ4n) is 7.98. The lowest BCUT2D eigenvalue weighted by atomic mass is 9.72. The Balaban J connectivity index is 1.89. The zero-order valence-corrected chi connectivity index (χ0v) is 30.0. The number of hydrogen-bond acceptors (Lipinski definition) is 7. The number of nitrogens with zero attached hydrogens (tertiary/aromatic N) is 2. The van der Waals surface area contributed by atoms with Gasteiger partial charge in [-0.3, -0.25) is 19.2 Å². The molecule has 0 aliphatic heterocycles. The molecule has 0 radical (unpaired) electrons. The summed E-state index contributed by atoms with van der Waals surface area (Å²) in [6.07, 6.45) is 9.97. The van der Waals surface area contributed by atoms with Gasteiger partial charge in [-0.05, 0) is 123 Å². The van der Waals surface area contributed by atoms with Crippen molar-refractivity contribution < 1.29 is 29.0 Å². The molecule has 2 saturated carbocycles. The number of aliphatic carboxylic acids is 1. The molecule has 46 heavy (non-hydrogen) atoms. The van der Waals surface area contributed by atoms with Gasteiger partial charge >= 0.3 is 11.9 Å². The van der Waals surface area contributed by atoms with Crippen LogP contribution in [-0.4, -0.2) is 93.1 Å². The van der Waals surface area contributed by atoms with Crippen molar-refractivity contribution in [3.8, 4) is 0 Å². The fourth-order valence-corrected chi connectivity index (χ4v) is 7.98. The van der Waals surface area contributed by atoms with E-state index in [1.54, 1.807) is 0 Å². The molecule has 8 unspecified atom stereocenters. The molecule has 0 aromatic carbocycles. The number of fused-ring (bicyclic) bond motifs is 2. The summed E-state index contributed by atoms with van der Waals surface area (Å²) >= 11 is 0. The van der Waals surface area contributed by atoms with Gasteiger partial charge in [0.05, 0.1) is 11.8 Å². The van der Waals surface area contributed by atoms with Crippen molar-refractivity contribution in [3.05, 3.63) is 0 Å². The minimum absolute atomic E-state index is 0.0708. The molecule has 2 aliphatic carbocycles. The van der Waals surface area contributed by atoms with Gasteiger partial charge in [0.1, 0.15) is 6.61 Å². The first-order valence-corrected chi connectivity index (χ1v) is 18.0. The third kappa shape index (κ3) is 12.4. The van der Waals surface area contributed by atoms with E-state index in [-0.39, 0.29) is 41.5 Å². The van der Waals surface area contributed by atoms with Crippen LogP contribution in [0, 0.1) is 46.8 Å². The molecule has 8 atom stereocenters. The molecule has 2 aliphatic rings. The molecule has 266 valence electrons. The Morgan fingerprint density at radius 1 is 0.935 bits per heavy atom. The van der Waals surface area contributed by atoms with Gasteiger partial charge in [0, 0.05) is 24.4 Å². The highest BCUT2D eigenvalue weighted by atomic mass is 16.5. The molecule has 0 spiro atoms. The van der Waals surface area contributed by atoms with Crippen LogP contribution in [0.15, 0.2) is 0 Å². The van der Waals surface area contributed by atoms with E-state index in [0.29, 0.717) is 76.0 Å². The van der Waals surface area contributed by atoms with Crippen molar-refractivity contribution in [1.82, 2.24) is 15.1 Å². The molecule has 2 rings (SSSR count). The Morgan fingerprint density at radius 3 is 2.15 bits per heavy atom. The minimum Gasteiger partial charge on any atom is -0.481 e. The standard InChI is InChI=1S/C36H66N4O6/c1-8-36(3,35(45)38-19-12-20-39(4)5)18-11-16-27(34(44)46-22-21-40(6)7)15-9-13-26(32(37)41)14-10-17-29-25(2)28-23-30(29)31(24-28)33(42)43/h25-31H,8-24H2,1-7H3,(H2,37,41)(H,38,45)(H,42,43). The molecule has 10 nitrogen and oxygen atoms in total. The zero-order valence-electron chi connectivity index (χ0n) is 30.0. The summed E-state index contributed by atoms with van der Waals surface area (Å²) in [7, 11) is 7.92. The first-order chi connectivity index (χ1) is 21.7. The number of carboxylic acids is 1. The lowest BCUT2D eigenvalue weighted by Gasteiger charge is -2.32. The summed E-state index contributed by atoms with van der Waals surface area (Å²) in [5, 5.41) is 12.8. The van der Waals surface area contributed by atoms with Crippen LogP contribution in [0.4, 0.5) is 0 Å². The quantitative estimate of drug-likeness (QED) is 0.1000. The van der Waals surface area contributed by atoms with E-state index in [1.165, 1.54) is 0 Å². The molecule has 2 amide bonds. The van der Waals surface area contributed by atoms with Gasteiger partial charge in [-0.25, -0.2) is 0 Å². The Hall–Kier alpha value is -2.20. The Kier molecular flexibility index (Phi) is 17.0. The van der Waals surface area contributed by atoms with Gasteiger partial charge in [-0.2, -0.15) is 0 Å². The highest BCUT2D eigenvalue weighted by molar-refractivity contribution is 5.82. The van der Waals surface area contributed by atoms with E-state index >= 15 is 0 Å². The Labute approximate surface area is 278 Å². The molecular formula is C36H66N4O6. The average Bonchev–Trinajstić information content (AvgIpc) is 3.56. The number of carbonyl (C=O) groups excluding carboxylic acids is 3. The maximum Gasteiger partial charge on any atom is 0.308 e. The molecule has 10 heteroatoms. The molecule has 0 heterocycles. The summed E-state index contributed by atoms with van der Waals surface area (Å²) in [6.45, 7) is 8.87. The third-order valence-electron chi connectivity index (χ3n) is 11.3. The van der Waals surface area contributed by atoms with Crippen LogP contribution in [0.1, 0.15) is 104 Å². The smallest absolute Gasteiger partial charge is 0.308 e. The van der Waals surface area contributed by atoms with E-state index in [0.717, 1.165) is 51.5 Å². The van der Waals surface area contributed by atoms with E-state index in [9.17, 15) is 24.3 Å². The van der Waals surface area contributed by atoms with Crippen LogP contribution in [-0.2, 0) is 23.9 Å². The average molecular weight is 651 g/mol. The molecule has 0 aromatic heterocycles. The number of esters is 1. The van der Waals surface area contributed by atoms with Crippen LogP contribution >= 0.6 is 0 Å². The van der Waals surface area contributed by atoms with Crippen LogP contribution in [0.5, 0.6) is 0 Å². The molecule has 0 saturated heterocycles. The van der Waals surface area contributed by atoms with Gasteiger partial charge in [0.25, 0.3) is 0 Å². The summed E-state index contributed by atoms with van der Waals surface area (Å²) in [6, 6.07) is 0. The van der Waals surface area contributed by atoms with Crippen molar-refractivity contribution in [2.45, 2.75) is 104 Å². The monoisotopic (exact) mass is 650 g/mol. The molecule has 0 aromatic rings. The number of ether oxygens (including phenoxy) is 1. The third-order valence-corrected chi connectivity index (χ3v) is 11.3. The van der Waals surface area contributed by atoms with Crippen molar-refractivity contribution in [1.29, 1.82) is 0 Å². The van der Waals surface area contributed by atoms with Gasteiger partial charge in [-0.15, -0.1) is 0 Å². The predicted molar refractivity (Wildman–Crippen MR) is 182 cm³/mol. The predicted octanol–water partition coefficient (Wildman–Crippen LogP) is 4.80. The first-order valence-electron chi connectivity index (χ1n) is 18.0. The number of nitrogens with two attached hydrogens (primary N) is 1. The zero-order chi connectivity index (χ0) is 34.4. The molecule has 2 fully saturated rings. The fraction of sp³-hybridized carbons (Fsp3) is 0.889. The number of carboxylic acid groups (broad SMARTS) is 1. The number of hydrogen-bond donors (Lipinski definition) is 3. The summed E-state index contributed by atoms with van der Waals surface area (Å²) < 4.78 is 5.65. The Bertz CT molecular complexity index is 974. The highest BCUT2D eigenvalue weighted by Crippen LogP contribution is 2.56. The molecular weight excluding hydrogens is 584 g/mol. The van der Waals surface area contributed by atoms with E-state index in [2.05, 4.69) is 17.1 Å². The largest absolute Gasteiger partial charge is 0.481 e. The van der Waals surface area contributed by atoms with Crippen LogP contribution in [0.3, 0.4) is 0 Å². The topological polar surface area (TPSA) is 142 Å². The van der Waals surface area contributed by atoms with Crippen molar-refractivity contribution in [3.63, 3.8) is 0 Å². The second-order valence-electron chi connectivity index (χ2n) is 15.2. The van der Waals surface area contributed by atoms with Gasteiger partial charge in [-0.1, -0.05) is 40.0 Å². The number of carbonyl (C=O) groups is 4. The molecule has 2 bridgehead atoms. The summed E-state index contributed by atoms with van der Waals surface area (Å²) in [5.41, 5.74) is 5.34. The number of nitrogens with one attached hydrogen (secondary N) is 1. The lowest BCUT2D eigenvalue weighted by Crippen LogP contribution is -2.39. The lowest BCUT2D eigenvalue weighted by molar-refractivity contribution is -0.149. The number of likely N-dealkylation sites (N-methyl/N-ethyl adjacent to an activating group) is 1. The Morgan fingerprint density at radius 2 is 1.57 bits per heavy atom. The van der Waals surface area contributed by atoms with E-state index in [1.807, 2.05) is 46.9 Å². The maximum absolute atomic E-state index is 13.2. The van der Waals surface area contributed by atoms with Crippen molar-refractivity contribution in [2.75, 3.05) is 54.4 Å². The number of amides is 2. The van der Waals surface area contributed by atoms with Crippen LogP contribution in [0.2, 0.25) is 0 Å². The molecule has 4 N–H and O–H groups in total. The van der Waals surface area contributed by atoms with Gasteiger partial charge in [0.2, 0.25) is 11.8 Å².